The van der Waals surface area contributed by atoms with E-state index in [0.717, 1.165) is 56.8 Å². The Balaban J connectivity index is 1.50. The molecule has 1 saturated heterocycles. The molecule has 6 heteroatoms. The number of rotatable bonds is 2. The average molecular weight is 331 g/mol. The maximum Gasteiger partial charge on any atom is 0.318 e. The van der Waals surface area contributed by atoms with E-state index in [2.05, 4.69) is 20.1 Å². The molecular formula is C18H29N5O. The van der Waals surface area contributed by atoms with Gasteiger partial charge in [-0.1, -0.05) is 19.3 Å². The number of likely N-dealkylation sites (tertiary alicyclic amines) is 1. The first-order valence-corrected chi connectivity index (χ1v) is 9.82. The van der Waals surface area contributed by atoms with Crippen LogP contribution in [0.4, 0.5) is 4.79 Å². The van der Waals surface area contributed by atoms with Crippen molar-refractivity contribution < 1.29 is 4.79 Å². The molecule has 3 heterocycles. The van der Waals surface area contributed by atoms with Crippen molar-refractivity contribution in [3.63, 3.8) is 0 Å². The van der Waals surface area contributed by atoms with Crippen molar-refractivity contribution in [1.82, 2.24) is 25.0 Å². The second-order valence-corrected chi connectivity index (χ2v) is 7.57. The van der Waals surface area contributed by atoms with E-state index >= 15 is 0 Å². The van der Waals surface area contributed by atoms with Crippen LogP contribution in [0.1, 0.15) is 81.9 Å². The van der Waals surface area contributed by atoms with Crippen molar-refractivity contribution in [3.05, 3.63) is 11.6 Å². The van der Waals surface area contributed by atoms with Gasteiger partial charge < -0.3 is 14.8 Å². The maximum atomic E-state index is 12.9. The zero-order chi connectivity index (χ0) is 16.4. The number of carbonyl (C=O) groups is 1. The van der Waals surface area contributed by atoms with Crippen LogP contribution in [0.15, 0.2) is 0 Å². The fourth-order valence-electron chi connectivity index (χ4n) is 4.52. The van der Waals surface area contributed by atoms with Gasteiger partial charge in [0, 0.05) is 25.6 Å². The van der Waals surface area contributed by atoms with Crippen molar-refractivity contribution in [3.8, 4) is 0 Å². The third-order valence-electron chi connectivity index (χ3n) is 5.88. The van der Waals surface area contributed by atoms with E-state index in [-0.39, 0.29) is 12.1 Å². The molecule has 1 atom stereocenters. The molecule has 1 aromatic rings. The second-order valence-electron chi connectivity index (χ2n) is 7.57. The summed E-state index contributed by atoms with van der Waals surface area (Å²) in [7, 11) is 0. The lowest BCUT2D eigenvalue weighted by molar-refractivity contribution is 0.140. The molecule has 24 heavy (non-hydrogen) atoms. The topological polar surface area (TPSA) is 63.1 Å². The lowest BCUT2D eigenvalue weighted by Crippen LogP contribution is -2.49. The van der Waals surface area contributed by atoms with E-state index in [1.54, 1.807) is 0 Å². The van der Waals surface area contributed by atoms with Crippen LogP contribution in [0.2, 0.25) is 0 Å². The normalized spacial score (nSPS) is 25.3. The molecule has 2 aliphatic heterocycles. The van der Waals surface area contributed by atoms with Gasteiger partial charge in [-0.3, -0.25) is 0 Å². The SMILES string of the molecule is O=C(NC1CCCCC1)N1CCCC[C@@H]1c1nnc2n1CCCC2. The van der Waals surface area contributed by atoms with Gasteiger partial charge in [0.2, 0.25) is 0 Å². The average Bonchev–Trinajstić information content (AvgIpc) is 3.06. The minimum Gasteiger partial charge on any atom is -0.335 e. The van der Waals surface area contributed by atoms with Gasteiger partial charge in [0.15, 0.2) is 5.82 Å². The Bertz CT molecular complexity index is 578. The van der Waals surface area contributed by atoms with E-state index in [1.807, 2.05) is 4.90 Å². The Hall–Kier alpha value is -1.59. The highest BCUT2D eigenvalue weighted by atomic mass is 16.2. The molecule has 0 unspecified atom stereocenters. The summed E-state index contributed by atoms with van der Waals surface area (Å²) in [4.78, 5) is 14.9. The zero-order valence-electron chi connectivity index (χ0n) is 14.5. The molecule has 4 rings (SSSR count). The van der Waals surface area contributed by atoms with Gasteiger partial charge in [-0.25, -0.2) is 4.79 Å². The molecule has 1 N–H and O–H groups in total. The quantitative estimate of drug-likeness (QED) is 0.905. The van der Waals surface area contributed by atoms with Crippen molar-refractivity contribution in [2.45, 2.75) is 89.3 Å². The highest BCUT2D eigenvalue weighted by Crippen LogP contribution is 2.32. The first-order valence-electron chi connectivity index (χ1n) is 9.82. The lowest BCUT2D eigenvalue weighted by atomic mass is 9.95. The van der Waals surface area contributed by atoms with Gasteiger partial charge in [-0.05, 0) is 44.9 Å². The third kappa shape index (κ3) is 3.15. The Morgan fingerprint density at radius 3 is 2.58 bits per heavy atom. The number of nitrogens with one attached hydrogen (secondary N) is 1. The van der Waals surface area contributed by atoms with Gasteiger partial charge in [0.05, 0.1) is 6.04 Å². The molecule has 132 valence electrons. The molecular weight excluding hydrogens is 302 g/mol. The number of hydrogen-bond acceptors (Lipinski definition) is 3. The number of urea groups is 1. The number of nitrogens with zero attached hydrogens (tertiary/aromatic N) is 4. The number of aryl methyl sites for hydroxylation is 1. The van der Waals surface area contributed by atoms with E-state index < -0.39 is 0 Å². The van der Waals surface area contributed by atoms with Crippen molar-refractivity contribution >= 4 is 6.03 Å². The number of hydrogen-bond donors (Lipinski definition) is 1. The summed E-state index contributed by atoms with van der Waals surface area (Å²) in [6, 6.07) is 0.572. The number of aromatic nitrogens is 3. The molecule has 0 radical (unpaired) electrons. The summed E-state index contributed by atoms with van der Waals surface area (Å²) >= 11 is 0. The summed E-state index contributed by atoms with van der Waals surface area (Å²) in [6.07, 6.45) is 12.7. The zero-order valence-corrected chi connectivity index (χ0v) is 14.5. The number of fused-ring (bicyclic) bond motifs is 1. The van der Waals surface area contributed by atoms with Crippen LogP contribution in [-0.2, 0) is 13.0 Å². The van der Waals surface area contributed by atoms with Gasteiger partial charge >= 0.3 is 6.03 Å². The summed E-state index contributed by atoms with van der Waals surface area (Å²) in [5, 5.41) is 12.2. The molecule has 0 aromatic carbocycles. The minimum absolute atomic E-state index is 0.0988. The minimum atomic E-state index is 0.0988. The Morgan fingerprint density at radius 2 is 1.71 bits per heavy atom. The van der Waals surface area contributed by atoms with Crippen LogP contribution in [0.5, 0.6) is 0 Å². The molecule has 6 nitrogen and oxygen atoms in total. The Kier molecular flexibility index (Phi) is 4.72. The molecule has 3 aliphatic rings. The van der Waals surface area contributed by atoms with Gasteiger partial charge in [-0.2, -0.15) is 0 Å². The fraction of sp³-hybridized carbons (Fsp3) is 0.833. The first kappa shape index (κ1) is 15.9. The Labute approximate surface area is 144 Å². The van der Waals surface area contributed by atoms with Gasteiger partial charge in [0.25, 0.3) is 0 Å². The van der Waals surface area contributed by atoms with Crippen molar-refractivity contribution in [1.29, 1.82) is 0 Å². The largest absolute Gasteiger partial charge is 0.335 e. The first-order chi connectivity index (χ1) is 11.8. The predicted octanol–water partition coefficient (Wildman–Crippen LogP) is 3.18. The van der Waals surface area contributed by atoms with Crippen molar-refractivity contribution in [2.24, 2.45) is 0 Å². The molecule has 1 aromatic heterocycles. The molecule has 1 aliphatic carbocycles. The lowest BCUT2D eigenvalue weighted by Gasteiger charge is -2.37. The number of carbonyl (C=O) groups excluding carboxylic acids is 1. The third-order valence-corrected chi connectivity index (χ3v) is 5.88. The summed E-state index contributed by atoms with van der Waals surface area (Å²) in [5.41, 5.74) is 0. The van der Waals surface area contributed by atoms with Crippen LogP contribution >= 0.6 is 0 Å². The van der Waals surface area contributed by atoms with Crippen LogP contribution < -0.4 is 5.32 Å². The van der Waals surface area contributed by atoms with Gasteiger partial charge in [0.1, 0.15) is 5.82 Å². The standard InChI is InChI=1S/C18H29N5O/c24-18(19-14-8-2-1-3-9-14)22-12-6-4-10-15(22)17-21-20-16-11-5-7-13-23(16)17/h14-15H,1-13H2,(H,19,24)/t15-/m1/s1. The maximum absolute atomic E-state index is 12.9. The molecule has 0 bridgehead atoms. The molecule has 0 spiro atoms. The highest BCUT2D eigenvalue weighted by molar-refractivity contribution is 5.75. The predicted molar refractivity (Wildman–Crippen MR) is 91.7 cm³/mol. The molecule has 1 saturated carbocycles. The van der Waals surface area contributed by atoms with Crippen LogP contribution in [0, 0.1) is 0 Å². The second kappa shape index (κ2) is 7.11. The van der Waals surface area contributed by atoms with Crippen LogP contribution in [-0.4, -0.2) is 38.3 Å². The molecule has 2 amide bonds. The summed E-state index contributed by atoms with van der Waals surface area (Å²) in [6.45, 7) is 1.84. The van der Waals surface area contributed by atoms with Gasteiger partial charge in [-0.15, -0.1) is 10.2 Å². The fourth-order valence-corrected chi connectivity index (χ4v) is 4.52. The van der Waals surface area contributed by atoms with Crippen LogP contribution in [0.25, 0.3) is 0 Å². The van der Waals surface area contributed by atoms with E-state index in [4.69, 9.17) is 0 Å². The van der Waals surface area contributed by atoms with E-state index in [1.165, 1.54) is 38.5 Å². The smallest absolute Gasteiger partial charge is 0.318 e. The highest BCUT2D eigenvalue weighted by Gasteiger charge is 2.33. The summed E-state index contributed by atoms with van der Waals surface area (Å²) < 4.78 is 2.28. The van der Waals surface area contributed by atoms with E-state index in [9.17, 15) is 4.79 Å². The van der Waals surface area contributed by atoms with Crippen LogP contribution in [0.3, 0.4) is 0 Å². The Morgan fingerprint density at radius 1 is 0.917 bits per heavy atom. The van der Waals surface area contributed by atoms with E-state index in [0.29, 0.717) is 6.04 Å². The van der Waals surface area contributed by atoms with Crippen molar-refractivity contribution in [2.75, 3.05) is 6.54 Å². The monoisotopic (exact) mass is 331 g/mol. The summed E-state index contributed by atoms with van der Waals surface area (Å²) in [5.74, 6) is 2.12. The number of amides is 2. The number of piperidine rings is 1. The molecule has 2 fully saturated rings.